The molecule has 0 unspecified atom stereocenters. The third kappa shape index (κ3) is 2.73. The van der Waals surface area contributed by atoms with Crippen LogP contribution in [0.25, 0.3) is 0 Å². The zero-order valence-corrected chi connectivity index (χ0v) is 10.1. The fraction of sp³-hybridized carbons (Fsp3) is 0.417. The third-order valence-electron chi connectivity index (χ3n) is 2.68. The zero-order chi connectivity index (χ0) is 14.0. The summed E-state index contributed by atoms with van der Waals surface area (Å²) in [7, 11) is 0. The lowest BCUT2D eigenvalue weighted by atomic mass is 9.99. The number of aliphatic hydroxyl groups is 2. The van der Waals surface area contributed by atoms with Crippen molar-refractivity contribution < 1.29 is 28.6 Å². The van der Waals surface area contributed by atoms with Gasteiger partial charge in [-0.25, -0.2) is 8.78 Å². The summed E-state index contributed by atoms with van der Waals surface area (Å²) in [5.74, 6) is -1.65. The molecular formula is C12H13F2NO4. The number of hydrogen-bond acceptors (Lipinski definition) is 5. The fourth-order valence-corrected chi connectivity index (χ4v) is 1.73. The molecule has 0 amide bonds. The van der Waals surface area contributed by atoms with Crippen molar-refractivity contribution in [2.24, 2.45) is 5.16 Å². The summed E-state index contributed by atoms with van der Waals surface area (Å²) in [5, 5.41) is 23.2. The van der Waals surface area contributed by atoms with Crippen molar-refractivity contribution in [3.8, 4) is 0 Å². The first-order valence-corrected chi connectivity index (χ1v) is 5.71. The second-order valence-corrected chi connectivity index (χ2v) is 3.97. The topological polar surface area (TPSA) is 71.3 Å². The molecule has 0 fully saturated rings. The third-order valence-corrected chi connectivity index (χ3v) is 2.68. The van der Waals surface area contributed by atoms with Gasteiger partial charge >= 0.3 is 0 Å². The Hall–Kier alpha value is -1.57. The predicted molar refractivity (Wildman–Crippen MR) is 61.4 cm³/mol. The Labute approximate surface area is 108 Å². The Bertz CT molecular complexity index is 495. The molecule has 0 saturated carbocycles. The minimum Gasteiger partial charge on any atom is -0.384 e. The van der Waals surface area contributed by atoms with Gasteiger partial charge in [-0.2, -0.15) is 0 Å². The molecular weight excluding hydrogens is 260 g/mol. The van der Waals surface area contributed by atoms with Crippen LogP contribution >= 0.6 is 0 Å². The highest BCUT2D eigenvalue weighted by Crippen LogP contribution is 2.21. The largest absolute Gasteiger partial charge is 0.384 e. The Kier molecular flexibility index (Phi) is 4.08. The fourth-order valence-electron chi connectivity index (χ4n) is 1.73. The summed E-state index contributed by atoms with van der Waals surface area (Å²) >= 11 is 0. The monoisotopic (exact) mass is 273 g/mol. The molecule has 19 heavy (non-hydrogen) atoms. The molecule has 0 aromatic heterocycles. The number of oxime groups is 1. The molecule has 1 aliphatic heterocycles. The standard InChI is InChI=1S/C12H13F2NO4/c1-2-18-12-11(17)10(16)9(15-19-12)7-4-3-6(13)5-8(7)14/h3-5,10-12,16-17H,2H2,1H3/t10-,11-,12-/m0/s1. The van der Waals surface area contributed by atoms with Crippen molar-refractivity contribution >= 4 is 5.71 Å². The maximum atomic E-state index is 13.6. The molecule has 2 N–H and O–H groups in total. The molecule has 2 rings (SSSR count). The molecule has 0 saturated heterocycles. The predicted octanol–water partition coefficient (Wildman–Crippen LogP) is 0.783. The number of halogens is 2. The van der Waals surface area contributed by atoms with Gasteiger partial charge < -0.3 is 19.8 Å². The normalized spacial score (nSPS) is 26.8. The number of hydrogen-bond donors (Lipinski definition) is 2. The number of rotatable bonds is 3. The minimum absolute atomic E-state index is 0.136. The van der Waals surface area contributed by atoms with Gasteiger partial charge in [0.2, 0.25) is 0 Å². The van der Waals surface area contributed by atoms with Crippen molar-refractivity contribution in [2.45, 2.75) is 25.4 Å². The van der Waals surface area contributed by atoms with Gasteiger partial charge in [0.25, 0.3) is 6.29 Å². The molecule has 0 radical (unpaired) electrons. The first-order chi connectivity index (χ1) is 9.04. The molecule has 1 aromatic rings. The van der Waals surface area contributed by atoms with Crippen molar-refractivity contribution in [3.05, 3.63) is 35.4 Å². The highest BCUT2D eigenvalue weighted by molar-refractivity contribution is 6.04. The van der Waals surface area contributed by atoms with E-state index in [2.05, 4.69) is 5.16 Å². The SMILES string of the molecule is CCO[C@H]1ON=C(c2ccc(F)cc2F)[C@H](O)[C@@H]1O. The summed E-state index contributed by atoms with van der Waals surface area (Å²) in [6.07, 6.45) is -4.01. The Balaban J connectivity index is 2.30. The highest BCUT2D eigenvalue weighted by Gasteiger charge is 2.38. The van der Waals surface area contributed by atoms with Gasteiger partial charge in [-0.05, 0) is 19.1 Å². The van der Waals surface area contributed by atoms with E-state index in [1.54, 1.807) is 6.92 Å². The number of ether oxygens (including phenoxy) is 1. The number of benzene rings is 1. The smallest absolute Gasteiger partial charge is 0.256 e. The molecule has 1 aromatic carbocycles. The van der Waals surface area contributed by atoms with E-state index >= 15 is 0 Å². The minimum atomic E-state index is -1.48. The van der Waals surface area contributed by atoms with E-state index in [1.165, 1.54) is 0 Å². The quantitative estimate of drug-likeness (QED) is 0.854. The van der Waals surface area contributed by atoms with Gasteiger partial charge in [-0.1, -0.05) is 5.16 Å². The second-order valence-electron chi connectivity index (χ2n) is 3.97. The molecule has 3 atom stereocenters. The molecule has 0 aliphatic carbocycles. The van der Waals surface area contributed by atoms with E-state index in [9.17, 15) is 19.0 Å². The molecule has 1 heterocycles. The van der Waals surface area contributed by atoms with Crippen molar-refractivity contribution in [3.63, 3.8) is 0 Å². The van der Waals surface area contributed by atoms with Crippen LogP contribution in [0.2, 0.25) is 0 Å². The maximum absolute atomic E-state index is 13.6. The van der Waals surface area contributed by atoms with Gasteiger partial charge in [0, 0.05) is 18.2 Å². The number of aliphatic hydroxyl groups excluding tert-OH is 2. The Morgan fingerprint density at radius 1 is 1.37 bits per heavy atom. The molecule has 0 spiro atoms. The highest BCUT2D eigenvalue weighted by atomic mass is 19.1. The van der Waals surface area contributed by atoms with Crippen LogP contribution in [0, 0.1) is 11.6 Å². The van der Waals surface area contributed by atoms with Crippen LogP contribution in [-0.4, -0.2) is 41.0 Å². The van der Waals surface area contributed by atoms with Crippen LogP contribution < -0.4 is 0 Å². The Morgan fingerprint density at radius 3 is 2.74 bits per heavy atom. The zero-order valence-electron chi connectivity index (χ0n) is 10.1. The van der Waals surface area contributed by atoms with E-state index in [-0.39, 0.29) is 17.9 Å². The van der Waals surface area contributed by atoms with Gasteiger partial charge in [0.05, 0.1) is 0 Å². The lowest BCUT2D eigenvalue weighted by Crippen LogP contribution is -2.48. The summed E-state index contributed by atoms with van der Waals surface area (Å²) in [5.41, 5.74) is -0.344. The summed E-state index contributed by atoms with van der Waals surface area (Å²) in [4.78, 5) is 4.85. The van der Waals surface area contributed by atoms with Gasteiger partial charge in [-0.15, -0.1) is 0 Å². The van der Waals surface area contributed by atoms with E-state index in [0.29, 0.717) is 6.07 Å². The van der Waals surface area contributed by atoms with Crippen molar-refractivity contribution in [1.82, 2.24) is 0 Å². The van der Waals surface area contributed by atoms with E-state index in [1.807, 2.05) is 0 Å². The van der Waals surface area contributed by atoms with Gasteiger partial charge in [0.1, 0.15) is 23.5 Å². The summed E-state index contributed by atoms with van der Waals surface area (Å²) in [6, 6.07) is 2.80. The van der Waals surface area contributed by atoms with Crippen LogP contribution in [0.3, 0.4) is 0 Å². The summed E-state index contributed by atoms with van der Waals surface area (Å²) in [6.45, 7) is 1.94. The van der Waals surface area contributed by atoms with Crippen LogP contribution in [0.4, 0.5) is 8.78 Å². The maximum Gasteiger partial charge on any atom is 0.256 e. The molecule has 1 aliphatic rings. The van der Waals surface area contributed by atoms with E-state index in [0.717, 1.165) is 12.1 Å². The molecule has 0 bridgehead atoms. The van der Waals surface area contributed by atoms with Crippen LogP contribution in [0.5, 0.6) is 0 Å². The van der Waals surface area contributed by atoms with Gasteiger partial charge in [0.15, 0.2) is 6.10 Å². The molecule has 7 heteroatoms. The van der Waals surface area contributed by atoms with E-state index in [4.69, 9.17) is 9.57 Å². The lowest BCUT2D eigenvalue weighted by Gasteiger charge is -2.29. The molecule has 5 nitrogen and oxygen atoms in total. The van der Waals surface area contributed by atoms with E-state index < -0.39 is 30.1 Å². The molecule has 104 valence electrons. The van der Waals surface area contributed by atoms with Crippen molar-refractivity contribution in [2.75, 3.05) is 6.61 Å². The van der Waals surface area contributed by atoms with Crippen LogP contribution in [0.1, 0.15) is 12.5 Å². The van der Waals surface area contributed by atoms with Gasteiger partial charge in [-0.3, -0.25) is 0 Å². The lowest BCUT2D eigenvalue weighted by molar-refractivity contribution is -0.215. The second kappa shape index (κ2) is 5.60. The first-order valence-electron chi connectivity index (χ1n) is 5.71. The average molecular weight is 273 g/mol. The van der Waals surface area contributed by atoms with Crippen LogP contribution in [0.15, 0.2) is 23.4 Å². The average Bonchev–Trinajstić information content (AvgIpc) is 2.37. The number of nitrogens with zero attached hydrogens (tertiary/aromatic N) is 1. The first kappa shape index (κ1) is 13.9. The van der Waals surface area contributed by atoms with Crippen molar-refractivity contribution in [1.29, 1.82) is 0 Å². The van der Waals surface area contributed by atoms with Crippen LogP contribution in [-0.2, 0) is 9.57 Å². The summed E-state index contributed by atoms with van der Waals surface area (Å²) < 4.78 is 31.4. The Morgan fingerprint density at radius 2 is 2.11 bits per heavy atom.